The van der Waals surface area contributed by atoms with Crippen molar-refractivity contribution in [3.63, 3.8) is 0 Å². The van der Waals surface area contributed by atoms with Crippen molar-refractivity contribution in [2.45, 2.75) is 26.7 Å². The Bertz CT molecular complexity index is 723. The predicted octanol–water partition coefficient (Wildman–Crippen LogP) is 4.22. The molecule has 0 bridgehead atoms. The largest absolute Gasteiger partial charge is 0.370 e. The van der Waals surface area contributed by atoms with Crippen LogP contribution in [0.4, 0.5) is 5.82 Å². The summed E-state index contributed by atoms with van der Waals surface area (Å²) < 4.78 is 0. The van der Waals surface area contributed by atoms with E-state index in [4.69, 9.17) is 0 Å². The van der Waals surface area contributed by atoms with Crippen LogP contribution in [0.5, 0.6) is 0 Å². The van der Waals surface area contributed by atoms with E-state index in [0.29, 0.717) is 0 Å². The number of fused-ring (bicyclic) bond motifs is 1. The lowest BCUT2D eigenvalue weighted by Crippen LogP contribution is -2.05. The van der Waals surface area contributed by atoms with Crippen LogP contribution in [-0.2, 0) is 6.42 Å². The Hall–Kier alpha value is -2.29. The Morgan fingerprint density at radius 1 is 1.14 bits per heavy atom. The van der Waals surface area contributed by atoms with Crippen LogP contribution >= 0.6 is 0 Å². The van der Waals surface area contributed by atoms with Crippen molar-refractivity contribution in [3.8, 4) is 0 Å². The molecule has 2 heterocycles. The average Bonchev–Trinajstić information content (AvgIpc) is 2.86. The van der Waals surface area contributed by atoms with Crippen molar-refractivity contribution in [1.29, 1.82) is 0 Å². The van der Waals surface area contributed by atoms with Gasteiger partial charge < -0.3 is 10.3 Å². The van der Waals surface area contributed by atoms with Gasteiger partial charge in [-0.15, -0.1) is 0 Å². The highest BCUT2D eigenvalue weighted by Crippen LogP contribution is 2.19. The molecule has 0 spiro atoms. The Morgan fingerprint density at radius 3 is 2.86 bits per heavy atom. The summed E-state index contributed by atoms with van der Waals surface area (Å²) in [5, 5.41) is 4.75. The Morgan fingerprint density at radius 2 is 2.00 bits per heavy atom. The summed E-state index contributed by atoms with van der Waals surface area (Å²) in [6.07, 6.45) is 4.29. The Kier molecular flexibility index (Phi) is 3.91. The highest BCUT2D eigenvalue weighted by Gasteiger charge is 2.02. The summed E-state index contributed by atoms with van der Waals surface area (Å²) in [6.45, 7) is 5.07. The van der Waals surface area contributed by atoms with Gasteiger partial charge in [-0.2, -0.15) is 0 Å². The Balaban J connectivity index is 1.56. The quantitative estimate of drug-likeness (QED) is 0.686. The second-order valence-electron chi connectivity index (χ2n) is 5.56. The van der Waals surface area contributed by atoms with Gasteiger partial charge in [0.1, 0.15) is 5.82 Å². The molecule has 2 aromatic heterocycles. The SMILES string of the molecule is Cc1cc(C)nc(NCCCc2c[nH]c3ccccc23)c1. The maximum atomic E-state index is 4.50. The van der Waals surface area contributed by atoms with Gasteiger partial charge in [0.15, 0.2) is 0 Å². The molecule has 2 N–H and O–H groups in total. The predicted molar refractivity (Wildman–Crippen MR) is 88.8 cm³/mol. The first-order chi connectivity index (χ1) is 10.2. The van der Waals surface area contributed by atoms with Gasteiger partial charge in [0.05, 0.1) is 0 Å². The summed E-state index contributed by atoms with van der Waals surface area (Å²) >= 11 is 0. The first-order valence-corrected chi connectivity index (χ1v) is 7.46. The zero-order chi connectivity index (χ0) is 14.7. The third-order valence-electron chi connectivity index (χ3n) is 3.70. The number of nitrogens with zero attached hydrogens (tertiary/aromatic N) is 1. The molecule has 0 aliphatic rings. The monoisotopic (exact) mass is 279 g/mol. The minimum absolute atomic E-state index is 0.940. The first kappa shape index (κ1) is 13.7. The lowest BCUT2D eigenvalue weighted by Gasteiger charge is -2.07. The van der Waals surface area contributed by atoms with Gasteiger partial charge >= 0.3 is 0 Å². The number of hydrogen-bond acceptors (Lipinski definition) is 2. The summed E-state index contributed by atoms with van der Waals surface area (Å²) in [7, 11) is 0. The summed E-state index contributed by atoms with van der Waals surface area (Å²) in [6, 6.07) is 12.7. The molecule has 3 rings (SSSR count). The molecule has 21 heavy (non-hydrogen) atoms. The molecule has 1 aromatic carbocycles. The fraction of sp³-hybridized carbons (Fsp3) is 0.278. The Labute approximate surface area is 125 Å². The van der Waals surface area contributed by atoms with Crippen LogP contribution in [0.1, 0.15) is 23.2 Å². The maximum absolute atomic E-state index is 4.50. The lowest BCUT2D eigenvalue weighted by molar-refractivity contribution is 0.862. The van der Waals surface area contributed by atoms with Gasteiger partial charge in [-0.25, -0.2) is 4.98 Å². The van der Waals surface area contributed by atoms with Crippen molar-refractivity contribution in [2.75, 3.05) is 11.9 Å². The zero-order valence-electron chi connectivity index (χ0n) is 12.6. The third-order valence-corrected chi connectivity index (χ3v) is 3.70. The molecule has 108 valence electrons. The topological polar surface area (TPSA) is 40.7 Å². The number of nitrogens with one attached hydrogen (secondary N) is 2. The van der Waals surface area contributed by atoms with Gasteiger partial charge in [-0.3, -0.25) is 0 Å². The summed E-state index contributed by atoms with van der Waals surface area (Å²) in [5.74, 6) is 0.978. The summed E-state index contributed by atoms with van der Waals surface area (Å²) in [5.41, 5.74) is 4.92. The zero-order valence-corrected chi connectivity index (χ0v) is 12.6. The first-order valence-electron chi connectivity index (χ1n) is 7.46. The number of hydrogen-bond donors (Lipinski definition) is 2. The van der Waals surface area contributed by atoms with Crippen LogP contribution < -0.4 is 5.32 Å². The normalized spacial score (nSPS) is 11.0. The number of pyridine rings is 1. The molecule has 0 saturated heterocycles. The molecule has 0 amide bonds. The number of benzene rings is 1. The molecule has 0 fully saturated rings. The van der Waals surface area contributed by atoms with Crippen LogP contribution in [0.3, 0.4) is 0 Å². The summed E-state index contributed by atoms with van der Waals surface area (Å²) in [4.78, 5) is 7.83. The van der Waals surface area contributed by atoms with E-state index in [2.05, 4.69) is 64.8 Å². The van der Waals surface area contributed by atoms with Crippen molar-refractivity contribution in [3.05, 3.63) is 59.4 Å². The molecular formula is C18H21N3. The molecular weight excluding hydrogens is 258 g/mol. The molecule has 0 atom stereocenters. The molecule has 0 saturated carbocycles. The van der Waals surface area contributed by atoms with Crippen molar-refractivity contribution in [1.82, 2.24) is 9.97 Å². The number of H-pyrrole nitrogens is 1. The van der Waals surface area contributed by atoms with E-state index in [-0.39, 0.29) is 0 Å². The van der Waals surface area contributed by atoms with Crippen molar-refractivity contribution < 1.29 is 0 Å². The molecule has 0 aliphatic carbocycles. The highest BCUT2D eigenvalue weighted by atomic mass is 15.0. The van der Waals surface area contributed by atoms with Crippen LogP contribution in [0.2, 0.25) is 0 Å². The average molecular weight is 279 g/mol. The van der Waals surface area contributed by atoms with Gasteiger partial charge in [0.2, 0.25) is 0 Å². The van der Waals surface area contributed by atoms with Crippen molar-refractivity contribution in [2.24, 2.45) is 0 Å². The number of aryl methyl sites for hydroxylation is 3. The fourth-order valence-corrected chi connectivity index (χ4v) is 2.77. The third kappa shape index (κ3) is 3.24. The van der Waals surface area contributed by atoms with Crippen LogP contribution in [0, 0.1) is 13.8 Å². The fourth-order valence-electron chi connectivity index (χ4n) is 2.77. The van der Waals surface area contributed by atoms with Gasteiger partial charge in [0.25, 0.3) is 0 Å². The van der Waals surface area contributed by atoms with E-state index < -0.39 is 0 Å². The molecule has 0 aliphatic heterocycles. The van der Waals surface area contributed by atoms with Crippen LogP contribution in [-0.4, -0.2) is 16.5 Å². The van der Waals surface area contributed by atoms with E-state index in [9.17, 15) is 0 Å². The van der Waals surface area contributed by atoms with Gasteiger partial charge in [-0.1, -0.05) is 18.2 Å². The second-order valence-corrected chi connectivity index (χ2v) is 5.56. The number of aromatic nitrogens is 2. The minimum Gasteiger partial charge on any atom is -0.370 e. The van der Waals surface area contributed by atoms with Gasteiger partial charge in [0, 0.05) is 29.3 Å². The van der Waals surface area contributed by atoms with Gasteiger partial charge in [-0.05, 0) is 56.0 Å². The van der Waals surface area contributed by atoms with E-state index in [0.717, 1.165) is 30.9 Å². The van der Waals surface area contributed by atoms with E-state index >= 15 is 0 Å². The lowest BCUT2D eigenvalue weighted by atomic mass is 10.1. The number of rotatable bonds is 5. The minimum atomic E-state index is 0.940. The molecule has 3 aromatic rings. The van der Waals surface area contributed by atoms with E-state index in [1.54, 1.807) is 0 Å². The van der Waals surface area contributed by atoms with Crippen LogP contribution in [0.25, 0.3) is 10.9 Å². The van der Waals surface area contributed by atoms with E-state index in [1.165, 1.54) is 22.0 Å². The number of anilines is 1. The number of para-hydroxylation sites is 1. The molecule has 0 unspecified atom stereocenters. The highest BCUT2D eigenvalue weighted by molar-refractivity contribution is 5.82. The maximum Gasteiger partial charge on any atom is 0.126 e. The van der Waals surface area contributed by atoms with Crippen LogP contribution in [0.15, 0.2) is 42.6 Å². The number of aromatic amines is 1. The molecule has 0 radical (unpaired) electrons. The molecule has 3 nitrogen and oxygen atoms in total. The second kappa shape index (κ2) is 6.00. The molecule has 3 heteroatoms. The van der Waals surface area contributed by atoms with Crippen molar-refractivity contribution >= 4 is 16.7 Å². The van der Waals surface area contributed by atoms with E-state index in [1.807, 2.05) is 6.92 Å². The smallest absolute Gasteiger partial charge is 0.126 e. The standard InChI is InChI=1S/C18H21N3/c1-13-10-14(2)21-18(11-13)19-9-5-6-15-12-20-17-8-4-3-7-16(15)17/h3-4,7-8,10-12,20H,5-6,9H2,1-2H3,(H,19,21).